The highest BCUT2D eigenvalue weighted by Crippen LogP contribution is 2.29. The van der Waals surface area contributed by atoms with Crippen LogP contribution in [0.3, 0.4) is 0 Å². The van der Waals surface area contributed by atoms with Gasteiger partial charge in [-0.1, -0.05) is 0 Å². The van der Waals surface area contributed by atoms with Crippen molar-refractivity contribution in [2.24, 2.45) is 0 Å². The number of benzene rings is 1. The fourth-order valence-electron chi connectivity index (χ4n) is 2.89. The molecule has 2 aromatic rings. The molecule has 0 saturated carbocycles. The Morgan fingerprint density at radius 2 is 2.00 bits per heavy atom. The van der Waals surface area contributed by atoms with Gasteiger partial charge in [0, 0.05) is 31.5 Å². The van der Waals surface area contributed by atoms with Gasteiger partial charge in [-0.3, -0.25) is 4.79 Å². The van der Waals surface area contributed by atoms with Gasteiger partial charge in [0.05, 0.1) is 16.6 Å². The summed E-state index contributed by atoms with van der Waals surface area (Å²) in [5, 5.41) is 8.91. The number of anilines is 1. The molecule has 1 aromatic carbocycles. The van der Waals surface area contributed by atoms with Gasteiger partial charge in [-0.2, -0.15) is 0 Å². The van der Waals surface area contributed by atoms with Crippen molar-refractivity contribution in [3.63, 3.8) is 0 Å². The zero-order valence-corrected chi connectivity index (χ0v) is 12.0. The van der Waals surface area contributed by atoms with Crippen LogP contribution in [0.15, 0.2) is 17.1 Å². The zero-order valence-electron chi connectivity index (χ0n) is 12.0. The molecule has 1 aliphatic heterocycles. The molecule has 1 saturated heterocycles. The minimum atomic E-state index is -1.44. The lowest BCUT2D eigenvalue weighted by Crippen LogP contribution is -2.25. The first-order valence-electron chi connectivity index (χ1n) is 7.05. The number of nitrogen functional groups attached to an aromatic ring is 1. The standard InChI is InChI=1S/C15H14F2N2O4/c16-9-5-10-11(13(18)12(9)17)14(20)8(15(21)22)6-19(10)7-1-3-23-4-2-7/h5-7H,1-4,18H2,(H,21,22). The second-order valence-corrected chi connectivity index (χ2v) is 5.41. The topological polar surface area (TPSA) is 94.5 Å². The summed E-state index contributed by atoms with van der Waals surface area (Å²) in [5.41, 5.74) is 3.51. The van der Waals surface area contributed by atoms with Crippen molar-refractivity contribution in [3.05, 3.63) is 39.7 Å². The van der Waals surface area contributed by atoms with Crippen molar-refractivity contribution in [3.8, 4) is 0 Å². The van der Waals surface area contributed by atoms with Crippen molar-refractivity contribution < 1.29 is 23.4 Å². The van der Waals surface area contributed by atoms with Crippen molar-refractivity contribution >= 4 is 22.6 Å². The van der Waals surface area contributed by atoms with Gasteiger partial charge in [0.1, 0.15) is 5.56 Å². The molecule has 1 fully saturated rings. The number of ether oxygens (including phenoxy) is 1. The molecule has 122 valence electrons. The van der Waals surface area contributed by atoms with E-state index in [9.17, 15) is 23.5 Å². The van der Waals surface area contributed by atoms with E-state index in [2.05, 4.69) is 0 Å². The minimum Gasteiger partial charge on any atom is -0.477 e. The number of pyridine rings is 1. The van der Waals surface area contributed by atoms with Gasteiger partial charge in [-0.25, -0.2) is 13.6 Å². The SMILES string of the molecule is Nc1c(F)c(F)cc2c1c(=O)c(C(=O)O)cn2C1CCOCC1. The number of nitrogens with two attached hydrogens (primary N) is 1. The van der Waals surface area contributed by atoms with Gasteiger partial charge in [-0.15, -0.1) is 0 Å². The molecule has 1 aliphatic rings. The number of carboxylic acids is 1. The normalized spacial score (nSPS) is 15.9. The van der Waals surface area contributed by atoms with Crippen LogP contribution in [0.1, 0.15) is 29.2 Å². The molecule has 0 aliphatic carbocycles. The van der Waals surface area contributed by atoms with Gasteiger partial charge in [0.15, 0.2) is 11.6 Å². The smallest absolute Gasteiger partial charge is 0.341 e. The highest BCUT2D eigenvalue weighted by atomic mass is 19.2. The largest absolute Gasteiger partial charge is 0.477 e. The number of nitrogens with zero attached hydrogens (tertiary/aromatic N) is 1. The average molecular weight is 324 g/mol. The Kier molecular flexibility index (Phi) is 3.77. The molecule has 0 atom stereocenters. The lowest BCUT2D eigenvalue weighted by atomic mass is 10.0. The van der Waals surface area contributed by atoms with Crippen molar-refractivity contribution in [1.82, 2.24) is 4.57 Å². The monoisotopic (exact) mass is 324 g/mol. The molecule has 3 N–H and O–H groups in total. The summed E-state index contributed by atoms with van der Waals surface area (Å²) in [6.45, 7) is 0.916. The van der Waals surface area contributed by atoms with E-state index in [1.807, 2.05) is 0 Å². The summed E-state index contributed by atoms with van der Waals surface area (Å²) in [6.07, 6.45) is 2.30. The second kappa shape index (κ2) is 5.62. The van der Waals surface area contributed by atoms with E-state index in [1.54, 1.807) is 0 Å². The third-order valence-electron chi connectivity index (χ3n) is 4.07. The van der Waals surface area contributed by atoms with E-state index in [4.69, 9.17) is 10.5 Å². The van der Waals surface area contributed by atoms with Gasteiger partial charge in [0.2, 0.25) is 5.43 Å². The van der Waals surface area contributed by atoms with Crippen LogP contribution in [0.2, 0.25) is 0 Å². The first-order chi connectivity index (χ1) is 10.9. The van der Waals surface area contributed by atoms with E-state index < -0.39 is 34.3 Å². The number of aromatic nitrogens is 1. The van der Waals surface area contributed by atoms with E-state index in [-0.39, 0.29) is 16.9 Å². The van der Waals surface area contributed by atoms with E-state index >= 15 is 0 Å². The Morgan fingerprint density at radius 3 is 2.61 bits per heavy atom. The van der Waals surface area contributed by atoms with Crippen molar-refractivity contribution in [2.45, 2.75) is 18.9 Å². The van der Waals surface area contributed by atoms with E-state index in [1.165, 1.54) is 10.8 Å². The number of rotatable bonds is 2. The van der Waals surface area contributed by atoms with Gasteiger partial charge < -0.3 is 20.1 Å². The molecule has 2 heterocycles. The van der Waals surface area contributed by atoms with Crippen LogP contribution in [0.25, 0.3) is 10.9 Å². The lowest BCUT2D eigenvalue weighted by molar-refractivity contribution is 0.0681. The molecule has 0 unspecified atom stereocenters. The summed E-state index contributed by atoms with van der Waals surface area (Å²) < 4.78 is 34.2. The summed E-state index contributed by atoms with van der Waals surface area (Å²) in [5.74, 6) is -3.98. The predicted molar refractivity (Wildman–Crippen MR) is 78.6 cm³/mol. The number of hydrogen-bond acceptors (Lipinski definition) is 4. The first-order valence-corrected chi connectivity index (χ1v) is 7.05. The molecule has 6 nitrogen and oxygen atoms in total. The highest BCUT2D eigenvalue weighted by molar-refractivity contribution is 5.97. The van der Waals surface area contributed by atoms with Crippen molar-refractivity contribution in [2.75, 3.05) is 18.9 Å². The quantitative estimate of drug-likeness (QED) is 0.823. The molecule has 23 heavy (non-hydrogen) atoms. The third-order valence-corrected chi connectivity index (χ3v) is 4.07. The number of fused-ring (bicyclic) bond motifs is 1. The van der Waals surface area contributed by atoms with Crippen LogP contribution in [0.4, 0.5) is 14.5 Å². The second-order valence-electron chi connectivity index (χ2n) is 5.41. The number of aromatic carboxylic acids is 1. The fraction of sp³-hybridized carbons (Fsp3) is 0.333. The van der Waals surface area contributed by atoms with Crippen LogP contribution >= 0.6 is 0 Å². The van der Waals surface area contributed by atoms with Gasteiger partial charge >= 0.3 is 5.97 Å². The number of halogens is 2. The Morgan fingerprint density at radius 1 is 1.35 bits per heavy atom. The molecule has 3 rings (SSSR count). The first kappa shape index (κ1) is 15.4. The Balaban J connectivity index is 2.40. The summed E-state index contributed by atoms with van der Waals surface area (Å²) in [6, 6.07) is 0.693. The van der Waals surface area contributed by atoms with Crippen LogP contribution in [0, 0.1) is 11.6 Å². The summed E-state index contributed by atoms with van der Waals surface area (Å²) in [4.78, 5) is 23.6. The maximum atomic E-state index is 13.7. The van der Waals surface area contributed by atoms with Crippen LogP contribution < -0.4 is 11.2 Å². The average Bonchev–Trinajstić information content (AvgIpc) is 2.53. The molecular formula is C15H14F2N2O4. The molecule has 0 spiro atoms. The summed E-state index contributed by atoms with van der Waals surface area (Å²) in [7, 11) is 0. The van der Waals surface area contributed by atoms with Crippen LogP contribution in [-0.2, 0) is 4.74 Å². The fourth-order valence-corrected chi connectivity index (χ4v) is 2.89. The lowest BCUT2D eigenvalue weighted by Gasteiger charge is -2.27. The molecule has 0 amide bonds. The number of carbonyl (C=O) groups is 1. The van der Waals surface area contributed by atoms with Gasteiger partial charge in [-0.05, 0) is 12.8 Å². The third kappa shape index (κ3) is 2.44. The summed E-state index contributed by atoms with van der Waals surface area (Å²) >= 11 is 0. The maximum absolute atomic E-state index is 13.7. The van der Waals surface area contributed by atoms with Crippen LogP contribution in [0.5, 0.6) is 0 Å². The van der Waals surface area contributed by atoms with Gasteiger partial charge in [0.25, 0.3) is 0 Å². The maximum Gasteiger partial charge on any atom is 0.341 e. The zero-order chi connectivity index (χ0) is 16.7. The Hall–Kier alpha value is -2.48. The van der Waals surface area contributed by atoms with Crippen LogP contribution in [-0.4, -0.2) is 28.9 Å². The number of carboxylic acid groups (broad SMARTS) is 1. The molecule has 8 heteroatoms. The van der Waals surface area contributed by atoms with Crippen molar-refractivity contribution in [1.29, 1.82) is 0 Å². The Labute approximate surface area is 129 Å². The van der Waals surface area contributed by atoms with E-state index in [0.717, 1.165) is 6.07 Å². The van der Waals surface area contributed by atoms with E-state index in [0.29, 0.717) is 26.1 Å². The Bertz CT molecular complexity index is 857. The minimum absolute atomic E-state index is 0.0864. The number of hydrogen-bond donors (Lipinski definition) is 2. The highest BCUT2D eigenvalue weighted by Gasteiger charge is 2.24. The molecule has 0 bridgehead atoms. The molecular weight excluding hydrogens is 310 g/mol. The molecule has 0 radical (unpaired) electrons. The predicted octanol–water partition coefficient (Wildman–Crippen LogP) is 1.91. The molecule has 1 aromatic heterocycles.